The Morgan fingerprint density at radius 2 is 2.00 bits per heavy atom. The van der Waals surface area contributed by atoms with E-state index in [2.05, 4.69) is 22.7 Å². The van der Waals surface area contributed by atoms with Crippen LogP contribution in [0.3, 0.4) is 0 Å². The summed E-state index contributed by atoms with van der Waals surface area (Å²) in [6.45, 7) is 0.239. The molecule has 4 nitrogen and oxygen atoms in total. The van der Waals surface area contributed by atoms with Gasteiger partial charge in [-0.05, 0) is 91.4 Å². The number of hydrogen-bond donors (Lipinski definition) is 1. The standard InChI is InChI=1S/C25H28ClFN2O2S/c1-29-23-24(29)25(23)13-18-12-22(27)17(7-8-28-32(30,31)14-15-5-6-15)11-20(18)21(25)10-16-3-2-4-19(26)9-16/h2-4,9,11-12,15,21,23-24,28H,5-8,10,13-14H2,1H3. The molecule has 2 aromatic carbocycles. The summed E-state index contributed by atoms with van der Waals surface area (Å²) >= 11 is 6.24. The molecule has 1 heterocycles. The Morgan fingerprint density at radius 3 is 2.69 bits per heavy atom. The van der Waals surface area contributed by atoms with Crippen LogP contribution in [-0.2, 0) is 29.3 Å². The van der Waals surface area contributed by atoms with Crippen molar-refractivity contribution < 1.29 is 12.8 Å². The van der Waals surface area contributed by atoms with Crippen LogP contribution in [0.25, 0.3) is 0 Å². The summed E-state index contributed by atoms with van der Waals surface area (Å²) in [5, 5.41) is 0.742. The van der Waals surface area contributed by atoms with E-state index in [0.717, 1.165) is 36.3 Å². The number of likely N-dealkylation sites (tertiary alicyclic amines) is 1. The van der Waals surface area contributed by atoms with Crippen LogP contribution in [0.15, 0.2) is 36.4 Å². The predicted molar refractivity (Wildman–Crippen MR) is 124 cm³/mol. The maximum Gasteiger partial charge on any atom is 0.211 e. The molecular formula is C25H28ClFN2O2S. The van der Waals surface area contributed by atoms with E-state index < -0.39 is 10.0 Å². The highest BCUT2D eigenvalue weighted by Gasteiger charge is 2.84. The Labute approximate surface area is 194 Å². The average Bonchev–Trinajstić information content (AvgIpc) is 3.66. The van der Waals surface area contributed by atoms with Gasteiger partial charge in [0.15, 0.2) is 0 Å². The van der Waals surface area contributed by atoms with Crippen LogP contribution < -0.4 is 4.72 Å². The predicted octanol–water partition coefficient (Wildman–Crippen LogP) is 3.92. The molecule has 3 atom stereocenters. The van der Waals surface area contributed by atoms with E-state index in [1.165, 1.54) is 11.1 Å². The zero-order chi connectivity index (χ0) is 22.3. The molecule has 3 aliphatic carbocycles. The number of benzene rings is 2. The second-order valence-electron chi connectivity index (χ2n) is 10.2. The number of halogens is 2. The number of likely N-dealkylation sites (N-methyl/N-ethyl adjacent to an activating group) is 1. The summed E-state index contributed by atoms with van der Waals surface area (Å²) in [7, 11) is -1.11. The van der Waals surface area contributed by atoms with E-state index in [-0.39, 0.29) is 23.5 Å². The third kappa shape index (κ3) is 3.51. The topological polar surface area (TPSA) is 49.2 Å². The minimum Gasteiger partial charge on any atom is -0.296 e. The van der Waals surface area contributed by atoms with Crippen LogP contribution in [0.4, 0.5) is 4.39 Å². The Kier molecular flexibility index (Phi) is 4.79. The molecule has 3 fully saturated rings. The van der Waals surface area contributed by atoms with Gasteiger partial charge in [0.1, 0.15) is 5.82 Å². The van der Waals surface area contributed by atoms with Gasteiger partial charge in [0, 0.05) is 29.1 Å². The molecule has 2 aromatic rings. The molecule has 1 spiro atoms. The molecule has 1 saturated heterocycles. The van der Waals surface area contributed by atoms with Crippen molar-refractivity contribution in [3.05, 3.63) is 69.5 Å². The molecule has 4 aliphatic rings. The van der Waals surface area contributed by atoms with Crippen LogP contribution in [0.2, 0.25) is 5.02 Å². The Balaban J connectivity index is 1.23. The summed E-state index contributed by atoms with van der Waals surface area (Å²) in [5.74, 6) is 0.621. The normalized spacial score (nSPS) is 32.1. The third-order valence-corrected chi connectivity index (χ3v) is 9.89. The minimum atomic E-state index is -3.28. The van der Waals surface area contributed by atoms with Crippen molar-refractivity contribution in [2.24, 2.45) is 11.3 Å². The number of nitrogens with one attached hydrogen (secondary N) is 1. The molecule has 0 amide bonds. The molecule has 32 heavy (non-hydrogen) atoms. The number of rotatable bonds is 8. The van der Waals surface area contributed by atoms with Gasteiger partial charge in [-0.25, -0.2) is 17.5 Å². The highest BCUT2D eigenvalue weighted by molar-refractivity contribution is 7.89. The van der Waals surface area contributed by atoms with Crippen molar-refractivity contribution >= 4 is 21.6 Å². The molecule has 0 radical (unpaired) electrons. The molecule has 0 aromatic heterocycles. The van der Waals surface area contributed by atoms with E-state index in [4.69, 9.17) is 11.6 Å². The summed E-state index contributed by atoms with van der Waals surface area (Å²) in [5.41, 5.74) is 4.39. The largest absolute Gasteiger partial charge is 0.296 e. The van der Waals surface area contributed by atoms with E-state index in [1.54, 1.807) is 6.07 Å². The Hall–Kier alpha value is -1.47. The lowest BCUT2D eigenvalue weighted by Crippen LogP contribution is -2.31. The van der Waals surface area contributed by atoms with Crippen molar-refractivity contribution in [2.45, 2.75) is 50.1 Å². The maximum atomic E-state index is 14.9. The quantitative estimate of drug-likeness (QED) is 0.590. The SMILES string of the molecule is CN1C2C1C21Cc2cc(F)c(CCNS(=O)(=O)CC3CC3)cc2C1Cc1cccc(Cl)c1. The first-order valence-electron chi connectivity index (χ1n) is 11.5. The number of nitrogens with zero attached hydrogens (tertiary/aromatic N) is 1. The molecular weight excluding hydrogens is 447 g/mol. The fourth-order valence-electron chi connectivity index (χ4n) is 6.34. The van der Waals surface area contributed by atoms with Gasteiger partial charge < -0.3 is 0 Å². The van der Waals surface area contributed by atoms with Gasteiger partial charge in [-0.1, -0.05) is 29.8 Å². The zero-order valence-corrected chi connectivity index (χ0v) is 19.7. The molecule has 7 heteroatoms. The second kappa shape index (κ2) is 7.26. The van der Waals surface area contributed by atoms with Crippen molar-refractivity contribution in [2.75, 3.05) is 19.3 Å². The van der Waals surface area contributed by atoms with Gasteiger partial charge in [0.05, 0.1) is 5.75 Å². The van der Waals surface area contributed by atoms with Crippen LogP contribution in [0.5, 0.6) is 0 Å². The number of hydrogen-bond acceptors (Lipinski definition) is 3. The van der Waals surface area contributed by atoms with Gasteiger partial charge in [0.2, 0.25) is 10.0 Å². The summed E-state index contributed by atoms with van der Waals surface area (Å²) in [6, 6.07) is 13.0. The van der Waals surface area contributed by atoms with Gasteiger partial charge in [-0.3, -0.25) is 4.90 Å². The summed E-state index contributed by atoms with van der Waals surface area (Å²) in [4.78, 5) is 2.41. The van der Waals surface area contributed by atoms with Crippen molar-refractivity contribution in [3.63, 3.8) is 0 Å². The van der Waals surface area contributed by atoms with Gasteiger partial charge in [-0.2, -0.15) is 0 Å². The van der Waals surface area contributed by atoms with Crippen LogP contribution in [0, 0.1) is 17.2 Å². The summed E-state index contributed by atoms with van der Waals surface area (Å²) < 4.78 is 41.9. The van der Waals surface area contributed by atoms with E-state index >= 15 is 0 Å². The Morgan fingerprint density at radius 1 is 1.22 bits per heavy atom. The van der Waals surface area contributed by atoms with Gasteiger partial charge in [0.25, 0.3) is 0 Å². The highest BCUT2D eigenvalue weighted by Crippen LogP contribution is 2.76. The third-order valence-electron chi connectivity index (χ3n) is 8.11. The second-order valence-corrected chi connectivity index (χ2v) is 12.5. The zero-order valence-electron chi connectivity index (χ0n) is 18.2. The lowest BCUT2D eigenvalue weighted by molar-refractivity contribution is 0.226. The van der Waals surface area contributed by atoms with Crippen molar-refractivity contribution in [3.8, 4) is 0 Å². The van der Waals surface area contributed by atoms with Crippen molar-refractivity contribution in [1.29, 1.82) is 0 Å². The molecule has 3 unspecified atom stereocenters. The summed E-state index contributed by atoms with van der Waals surface area (Å²) in [6.07, 6.45) is 4.18. The lowest BCUT2D eigenvalue weighted by Gasteiger charge is -2.29. The van der Waals surface area contributed by atoms with Crippen LogP contribution in [0.1, 0.15) is 41.0 Å². The molecule has 1 N–H and O–H groups in total. The maximum absolute atomic E-state index is 14.9. The van der Waals surface area contributed by atoms with Crippen LogP contribution >= 0.6 is 11.6 Å². The molecule has 6 rings (SSSR count). The lowest BCUT2D eigenvalue weighted by atomic mass is 9.81. The van der Waals surface area contributed by atoms with Crippen LogP contribution in [-0.4, -0.2) is 44.7 Å². The number of fused-ring (bicyclic) bond motifs is 4. The first-order chi connectivity index (χ1) is 15.3. The van der Waals surface area contributed by atoms with Gasteiger partial charge in [-0.15, -0.1) is 0 Å². The van der Waals surface area contributed by atoms with E-state index in [9.17, 15) is 12.8 Å². The molecule has 170 valence electrons. The molecule has 1 aliphatic heterocycles. The van der Waals surface area contributed by atoms with Crippen molar-refractivity contribution in [1.82, 2.24) is 9.62 Å². The van der Waals surface area contributed by atoms with E-state index in [0.29, 0.717) is 35.9 Å². The fourth-order valence-corrected chi connectivity index (χ4v) is 8.04. The molecule has 2 saturated carbocycles. The average molecular weight is 475 g/mol. The first-order valence-corrected chi connectivity index (χ1v) is 13.6. The Bertz CT molecular complexity index is 1190. The number of sulfonamides is 1. The fraction of sp³-hybridized carbons (Fsp3) is 0.520. The monoisotopic (exact) mass is 474 g/mol. The van der Waals surface area contributed by atoms with E-state index in [1.807, 2.05) is 24.3 Å². The smallest absolute Gasteiger partial charge is 0.211 e. The van der Waals surface area contributed by atoms with Gasteiger partial charge >= 0.3 is 0 Å². The first kappa shape index (κ1) is 21.1. The molecule has 0 bridgehead atoms. The highest BCUT2D eigenvalue weighted by atomic mass is 35.5. The minimum absolute atomic E-state index is 0.195.